The molecule has 3 nitrogen and oxygen atoms in total. The van der Waals surface area contributed by atoms with Gasteiger partial charge in [0.25, 0.3) is 0 Å². The molecule has 0 bridgehead atoms. The molecule has 1 N–H and O–H groups in total. The minimum absolute atomic E-state index is 0.0891. The molecule has 2 aliphatic rings. The number of benzene rings is 1. The van der Waals surface area contributed by atoms with Crippen molar-refractivity contribution in [2.45, 2.75) is 37.7 Å². The molecule has 2 atom stereocenters. The molecule has 2 aromatic rings. The number of rotatable bonds is 3. The molecule has 0 amide bonds. The Morgan fingerprint density at radius 2 is 1.95 bits per heavy atom. The Morgan fingerprint density at radius 1 is 1.14 bits per heavy atom. The first-order chi connectivity index (χ1) is 10.8. The van der Waals surface area contributed by atoms with Gasteiger partial charge in [0.15, 0.2) is 0 Å². The number of aliphatic hydroxyl groups excluding tert-OH is 1. The summed E-state index contributed by atoms with van der Waals surface area (Å²) in [5.41, 5.74) is 1.96. The van der Waals surface area contributed by atoms with E-state index in [1.54, 1.807) is 6.20 Å². The average Bonchev–Trinajstić information content (AvgIpc) is 2.55. The Morgan fingerprint density at radius 3 is 2.68 bits per heavy atom. The topological polar surface area (TPSA) is 42.4 Å². The third-order valence-corrected chi connectivity index (χ3v) is 5.45. The molecule has 3 heteroatoms. The fraction of sp³-hybridized carbons (Fsp3) is 0.421. The van der Waals surface area contributed by atoms with Gasteiger partial charge in [0.05, 0.1) is 12.3 Å². The molecule has 1 saturated carbocycles. The zero-order chi connectivity index (χ0) is 15.0. The summed E-state index contributed by atoms with van der Waals surface area (Å²) in [5.74, 6) is 1.33. The number of aromatic nitrogens is 1. The number of para-hydroxylation sites is 1. The van der Waals surface area contributed by atoms with E-state index >= 15 is 0 Å². The number of hydrogen-bond donors (Lipinski definition) is 1. The molecule has 1 fully saturated rings. The maximum Gasteiger partial charge on any atom is 0.122 e. The lowest BCUT2D eigenvalue weighted by Gasteiger charge is -2.52. The van der Waals surface area contributed by atoms with E-state index < -0.39 is 6.10 Å². The van der Waals surface area contributed by atoms with Crippen LogP contribution in [0.4, 0.5) is 0 Å². The zero-order valence-electron chi connectivity index (χ0n) is 12.6. The van der Waals surface area contributed by atoms with Gasteiger partial charge in [0.1, 0.15) is 11.9 Å². The maximum absolute atomic E-state index is 11.1. The fourth-order valence-electron chi connectivity index (χ4n) is 4.17. The zero-order valence-corrected chi connectivity index (χ0v) is 12.6. The van der Waals surface area contributed by atoms with Crippen molar-refractivity contribution in [3.63, 3.8) is 0 Å². The summed E-state index contributed by atoms with van der Waals surface area (Å²) in [4.78, 5) is 4.40. The van der Waals surface area contributed by atoms with Crippen LogP contribution in [0.2, 0.25) is 0 Å². The highest BCUT2D eigenvalue weighted by Crippen LogP contribution is 2.61. The second-order valence-electron chi connectivity index (χ2n) is 6.47. The Labute approximate surface area is 131 Å². The van der Waals surface area contributed by atoms with Crippen LogP contribution in [0.15, 0.2) is 48.7 Å². The van der Waals surface area contributed by atoms with Crippen molar-refractivity contribution in [1.82, 2.24) is 4.98 Å². The van der Waals surface area contributed by atoms with E-state index in [1.807, 2.05) is 30.3 Å². The summed E-state index contributed by atoms with van der Waals surface area (Å²) < 4.78 is 5.81. The molecular formula is C19H21NO2. The summed E-state index contributed by atoms with van der Waals surface area (Å²) >= 11 is 0. The van der Waals surface area contributed by atoms with Gasteiger partial charge in [-0.3, -0.25) is 4.98 Å². The highest BCUT2D eigenvalue weighted by atomic mass is 16.5. The molecule has 1 aliphatic heterocycles. The summed E-state index contributed by atoms with van der Waals surface area (Å²) in [5, 5.41) is 11.1. The number of aliphatic hydroxyl groups is 1. The predicted molar refractivity (Wildman–Crippen MR) is 84.8 cm³/mol. The van der Waals surface area contributed by atoms with Gasteiger partial charge in [-0.05, 0) is 48.9 Å². The van der Waals surface area contributed by atoms with Crippen molar-refractivity contribution in [2.75, 3.05) is 6.61 Å². The Bertz CT molecular complexity index is 651. The van der Waals surface area contributed by atoms with Crippen LogP contribution >= 0.6 is 0 Å². The number of nitrogens with zero attached hydrogens (tertiary/aromatic N) is 1. The number of ether oxygens (including phenoxy) is 1. The van der Waals surface area contributed by atoms with Crippen molar-refractivity contribution in [3.8, 4) is 5.75 Å². The molecule has 2 heterocycles. The highest BCUT2D eigenvalue weighted by molar-refractivity contribution is 5.40. The second kappa shape index (κ2) is 5.40. The predicted octanol–water partition coefficient (Wildman–Crippen LogP) is 3.85. The first-order valence-corrected chi connectivity index (χ1v) is 8.12. The van der Waals surface area contributed by atoms with Crippen LogP contribution in [0.3, 0.4) is 0 Å². The van der Waals surface area contributed by atoms with Crippen LogP contribution in [0, 0.1) is 5.41 Å². The molecule has 0 saturated heterocycles. The normalized spacial score (nSPS) is 23.8. The largest absolute Gasteiger partial charge is 0.493 e. The van der Waals surface area contributed by atoms with Crippen molar-refractivity contribution >= 4 is 0 Å². The van der Waals surface area contributed by atoms with Gasteiger partial charge in [-0.2, -0.15) is 0 Å². The first-order valence-electron chi connectivity index (χ1n) is 8.12. The smallest absolute Gasteiger partial charge is 0.122 e. The van der Waals surface area contributed by atoms with Crippen LogP contribution in [-0.2, 0) is 0 Å². The number of hydrogen-bond acceptors (Lipinski definition) is 3. The molecule has 114 valence electrons. The molecule has 1 aromatic carbocycles. The summed E-state index contributed by atoms with van der Waals surface area (Å²) in [6.07, 6.45) is 5.54. The highest BCUT2D eigenvalue weighted by Gasteiger charge is 2.51. The molecule has 22 heavy (non-hydrogen) atoms. The summed E-state index contributed by atoms with van der Waals surface area (Å²) in [7, 11) is 0. The SMILES string of the molecule is OC(c1ccccn1)C1(C2CCOc3ccccc32)CCC1. The van der Waals surface area contributed by atoms with E-state index in [0.29, 0.717) is 5.92 Å². The molecular weight excluding hydrogens is 274 g/mol. The Hall–Kier alpha value is -1.87. The van der Waals surface area contributed by atoms with Gasteiger partial charge in [0, 0.05) is 11.6 Å². The van der Waals surface area contributed by atoms with E-state index in [4.69, 9.17) is 4.74 Å². The lowest BCUT2D eigenvalue weighted by Crippen LogP contribution is -2.43. The van der Waals surface area contributed by atoms with Crippen LogP contribution in [0.1, 0.15) is 49.0 Å². The van der Waals surface area contributed by atoms with E-state index in [2.05, 4.69) is 17.1 Å². The van der Waals surface area contributed by atoms with Gasteiger partial charge in [-0.15, -0.1) is 0 Å². The lowest BCUT2D eigenvalue weighted by atomic mass is 9.54. The summed E-state index contributed by atoms with van der Waals surface area (Å²) in [6, 6.07) is 14.1. The van der Waals surface area contributed by atoms with Crippen LogP contribution in [0.5, 0.6) is 5.75 Å². The van der Waals surface area contributed by atoms with Gasteiger partial charge < -0.3 is 9.84 Å². The Balaban J connectivity index is 1.73. The number of fused-ring (bicyclic) bond motifs is 1. The molecule has 0 radical (unpaired) electrons. The number of pyridine rings is 1. The van der Waals surface area contributed by atoms with Gasteiger partial charge in [-0.25, -0.2) is 0 Å². The van der Waals surface area contributed by atoms with Crippen molar-refractivity contribution in [1.29, 1.82) is 0 Å². The fourth-order valence-corrected chi connectivity index (χ4v) is 4.17. The monoisotopic (exact) mass is 295 g/mol. The van der Waals surface area contributed by atoms with Gasteiger partial charge >= 0.3 is 0 Å². The van der Waals surface area contributed by atoms with E-state index in [0.717, 1.165) is 37.3 Å². The second-order valence-corrected chi connectivity index (χ2v) is 6.47. The van der Waals surface area contributed by atoms with E-state index in [1.165, 1.54) is 12.0 Å². The van der Waals surface area contributed by atoms with Crippen LogP contribution in [0.25, 0.3) is 0 Å². The van der Waals surface area contributed by atoms with E-state index in [-0.39, 0.29) is 5.41 Å². The quantitative estimate of drug-likeness (QED) is 0.935. The third-order valence-electron chi connectivity index (χ3n) is 5.45. The minimum Gasteiger partial charge on any atom is -0.493 e. The molecule has 1 aromatic heterocycles. The van der Waals surface area contributed by atoms with Crippen molar-refractivity contribution in [3.05, 3.63) is 59.9 Å². The Kier molecular flexibility index (Phi) is 3.38. The molecule has 1 aliphatic carbocycles. The van der Waals surface area contributed by atoms with Crippen LogP contribution in [-0.4, -0.2) is 16.7 Å². The average molecular weight is 295 g/mol. The van der Waals surface area contributed by atoms with Crippen molar-refractivity contribution < 1.29 is 9.84 Å². The van der Waals surface area contributed by atoms with Gasteiger partial charge in [0.2, 0.25) is 0 Å². The molecule has 2 unspecified atom stereocenters. The van der Waals surface area contributed by atoms with E-state index in [9.17, 15) is 5.11 Å². The maximum atomic E-state index is 11.1. The molecule has 4 rings (SSSR count). The first kappa shape index (κ1) is 13.8. The lowest BCUT2D eigenvalue weighted by molar-refractivity contribution is -0.0683. The summed E-state index contributed by atoms with van der Waals surface area (Å²) in [6.45, 7) is 0.734. The third kappa shape index (κ3) is 2.03. The van der Waals surface area contributed by atoms with Crippen molar-refractivity contribution in [2.24, 2.45) is 5.41 Å². The van der Waals surface area contributed by atoms with Gasteiger partial charge in [-0.1, -0.05) is 30.7 Å². The molecule has 0 spiro atoms. The standard InChI is InChI=1S/C19H21NO2/c21-18(16-7-3-4-12-20-16)19(10-5-11-19)15-9-13-22-17-8-2-1-6-14(15)17/h1-4,6-8,12,15,18,21H,5,9-11,13H2. The van der Waals surface area contributed by atoms with Crippen LogP contribution < -0.4 is 4.74 Å². The minimum atomic E-state index is -0.501.